The quantitative estimate of drug-likeness (QED) is 0.823. The van der Waals surface area contributed by atoms with Crippen LogP contribution in [0, 0.1) is 5.92 Å². The molecule has 1 aliphatic rings. The van der Waals surface area contributed by atoms with Crippen molar-refractivity contribution in [2.24, 2.45) is 5.92 Å². The highest BCUT2D eigenvalue weighted by molar-refractivity contribution is 5.95. The van der Waals surface area contributed by atoms with Gasteiger partial charge in [0.15, 0.2) is 0 Å². The average molecular weight is 262 g/mol. The van der Waals surface area contributed by atoms with Crippen LogP contribution in [0.5, 0.6) is 5.75 Å². The molecule has 3 N–H and O–H groups in total. The van der Waals surface area contributed by atoms with Gasteiger partial charge in [-0.25, -0.2) is 0 Å². The molecule has 104 valence electrons. The lowest BCUT2D eigenvalue weighted by Gasteiger charge is -2.27. The fraction of sp³-hybridized carbons (Fsp3) is 0.533. The molecule has 4 nitrogen and oxygen atoms in total. The summed E-state index contributed by atoms with van der Waals surface area (Å²) >= 11 is 0. The maximum Gasteiger partial charge on any atom is 0.251 e. The topological polar surface area (TPSA) is 64.3 Å². The van der Waals surface area contributed by atoms with E-state index in [9.17, 15) is 4.79 Å². The second-order valence-electron chi connectivity index (χ2n) is 5.44. The number of nitrogen functional groups attached to an aromatic ring is 1. The van der Waals surface area contributed by atoms with E-state index in [0.717, 1.165) is 12.8 Å². The van der Waals surface area contributed by atoms with Crippen LogP contribution < -0.4 is 15.8 Å². The van der Waals surface area contributed by atoms with E-state index in [2.05, 4.69) is 12.2 Å². The molecule has 1 fully saturated rings. The van der Waals surface area contributed by atoms with Crippen LogP contribution in [0.15, 0.2) is 18.2 Å². The molecule has 0 aliphatic heterocycles. The predicted octanol–water partition coefficient (Wildman–Crippen LogP) is 2.59. The summed E-state index contributed by atoms with van der Waals surface area (Å²) in [6.45, 7) is 2.24. The van der Waals surface area contributed by atoms with Crippen molar-refractivity contribution in [3.63, 3.8) is 0 Å². The minimum absolute atomic E-state index is 0.0651. The fourth-order valence-corrected chi connectivity index (χ4v) is 2.70. The van der Waals surface area contributed by atoms with Crippen LogP contribution in [0.2, 0.25) is 0 Å². The van der Waals surface area contributed by atoms with Crippen LogP contribution in [0.25, 0.3) is 0 Å². The van der Waals surface area contributed by atoms with E-state index in [1.807, 2.05) is 0 Å². The van der Waals surface area contributed by atoms with Crippen molar-refractivity contribution in [1.29, 1.82) is 0 Å². The largest absolute Gasteiger partial charge is 0.497 e. The normalized spacial score (nSPS) is 22.8. The van der Waals surface area contributed by atoms with Crippen molar-refractivity contribution in [2.75, 3.05) is 12.8 Å². The lowest BCUT2D eigenvalue weighted by atomic mass is 9.87. The Balaban J connectivity index is 2.05. The van der Waals surface area contributed by atoms with Gasteiger partial charge >= 0.3 is 0 Å². The smallest absolute Gasteiger partial charge is 0.251 e. The number of rotatable bonds is 3. The molecule has 1 aliphatic carbocycles. The summed E-state index contributed by atoms with van der Waals surface area (Å²) < 4.78 is 5.13. The number of hydrogen-bond donors (Lipinski definition) is 2. The Morgan fingerprint density at radius 1 is 1.37 bits per heavy atom. The average Bonchev–Trinajstić information content (AvgIpc) is 2.38. The molecule has 1 amide bonds. The van der Waals surface area contributed by atoms with Gasteiger partial charge < -0.3 is 15.8 Å². The molecule has 0 radical (unpaired) electrons. The molecule has 4 heteroatoms. The highest BCUT2D eigenvalue weighted by Crippen LogP contribution is 2.24. The standard InChI is InChI=1S/C15H22N2O2/c1-10-4-3-5-13(6-10)17-15(18)11-7-12(16)9-14(8-11)19-2/h7-10,13H,3-6,16H2,1-2H3,(H,17,18). The lowest BCUT2D eigenvalue weighted by molar-refractivity contribution is 0.0921. The number of benzene rings is 1. The summed E-state index contributed by atoms with van der Waals surface area (Å²) in [5.41, 5.74) is 6.88. The number of hydrogen-bond acceptors (Lipinski definition) is 3. The van der Waals surface area contributed by atoms with E-state index in [1.54, 1.807) is 25.3 Å². The number of nitrogens with two attached hydrogens (primary N) is 1. The van der Waals surface area contributed by atoms with Gasteiger partial charge in [0.1, 0.15) is 5.75 Å². The Bertz CT molecular complexity index is 459. The van der Waals surface area contributed by atoms with Crippen molar-refractivity contribution in [3.05, 3.63) is 23.8 Å². The minimum atomic E-state index is -0.0651. The summed E-state index contributed by atoms with van der Waals surface area (Å²) in [6, 6.07) is 5.39. The Morgan fingerprint density at radius 3 is 2.84 bits per heavy atom. The number of carbonyl (C=O) groups excluding carboxylic acids is 1. The van der Waals surface area contributed by atoms with E-state index < -0.39 is 0 Å². The first-order valence-electron chi connectivity index (χ1n) is 6.84. The summed E-state index contributed by atoms with van der Waals surface area (Å²) in [4.78, 5) is 12.2. The lowest BCUT2D eigenvalue weighted by Crippen LogP contribution is -2.38. The van der Waals surface area contributed by atoms with Gasteiger partial charge in [0.05, 0.1) is 7.11 Å². The highest BCUT2D eigenvalue weighted by Gasteiger charge is 2.21. The van der Waals surface area contributed by atoms with Gasteiger partial charge in [-0.05, 0) is 30.9 Å². The molecule has 0 heterocycles. The molecule has 0 saturated heterocycles. The summed E-state index contributed by atoms with van der Waals surface area (Å²) in [7, 11) is 1.57. The second-order valence-corrected chi connectivity index (χ2v) is 5.44. The molecule has 19 heavy (non-hydrogen) atoms. The van der Waals surface area contributed by atoms with Crippen LogP contribution in [0.1, 0.15) is 43.0 Å². The zero-order valence-corrected chi connectivity index (χ0v) is 11.6. The number of ether oxygens (including phenoxy) is 1. The molecule has 0 aromatic heterocycles. The molecular formula is C15H22N2O2. The van der Waals surface area contributed by atoms with Gasteiger partial charge in [-0.1, -0.05) is 19.8 Å². The maximum absolute atomic E-state index is 12.2. The monoisotopic (exact) mass is 262 g/mol. The molecule has 2 atom stereocenters. The number of amides is 1. The van der Waals surface area contributed by atoms with Crippen LogP contribution >= 0.6 is 0 Å². The first-order chi connectivity index (χ1) is 9.08. The summed E-state index contributed by atoms with van der Waals surface area (Å²) in [5.74, 6) is 1.24. The van der Waals surface area contributed by atoms with Gasteiger partial charge in [-0.3, -0.25) is 4.79 Å². The number of methoxy groups -OCH3 is 1. The van der Waals surface area contributed by atoms with Gasteiger partial charge in [0.25, 0.3) is 5.91 Å². The molecular weight excluding hydrogens is 240 g/mol. The second kappa shape index (κ2) is 5.95. The molecule has 1 aromatic rings. The maximum atomic E-state index is 12.2. The van der Waals surface area contributed by atoms with Crippen molar-refractivity contribution < 1.29 is 9.53 Å². The number of nitrogens with one attached hydrogen (secondary N) is 1. The van der Waals surface area contributed by atoms with Crippen LogP contribution in [0.3, 0.4) is 0 Å². The minimum Gasteiger partial charge on any atom is -0.497 e. The summed E-state index contributed by atoms with van der Waals surface area (Å²) in [5, 5.41) is 3.09. The van der Waals surface area contributed by atoms with Crippen LogP contribution in [0.4, 0.5) is 5.69 Å². The molecule has 2 unspecified atom stereocenters. The van der Waals surface area contributed by atoms with Crippen molar-refractivity contribution in [1.82, 2.24) is 5.32 Å². The van der Waals surface area contributed by atoms with Crippen molar-refractivity contribution >= 4 is 11.6 Å². The van der Waals surface area contributed by atoms with Crippen LogP contribution in [-0.2, 0) is 0 Å². The Hall–Kier alpha value is -1.71. The van der Waals surface area contributed by atoms with Crippen molar-refractivity contribution in [3.8, 4) is 5.75 Å². The Morgan fingerprint density at radius 2 is 2.16 bits per heavy atom. The van der Waals surface area contributed by atoms with E-state index in [-0.39, 0.29) is 11.9 Å². The SMILES string of the molecule is COc1cc(N)cc(C(=O)NC2CCCC(C)C2)c1. The van der Waals surface area contributed by atoms with E-state index in [4.69, 9.17) is 10.5 Å². The molecule has 0 bridgehead atoms. The van der Waals surface area contributed by atoms with E-state index in [0.29, 0.717) is 22.9 Å². The molecule has 1 saturated carbocycles. The van der Waals surface area contributed by atoms with Gasteiger partial charge in [0, 0.05) is 23.4 Å². The Kier molecular flexibility index (Phi) is 4.30. The van der Waals surface area contributed by atoms with Gasteiger partial charge in [0.2, 0.25) is 0 Å². The molecule has 0 spiro atoms. The fourth-order valence-electron chi connectivity index (χ4n) is 2.70. The van der Waals surface area contributed by atoms with Crippen molar-refractivity contribution in [2.45, 2.75) is 38.6 Å². The van der Waals surface area contributed by atoms with Crippen LogP contribution in [-0.4, -0.2) is 19.1 Å². The third-order valence-corrected chi connectivity index (χ3v) is 3.70. The number of anilines is 1. The highest BCUT2D eigenvalue weighted by atomic mass is 16.5. The van der Waals surface area contributed by atoms with E-state index in [1.165, 1.54) is 12.8 Å². The zero-order valence-electron chi connectivity index (χ0n) is 11.6. The first-order valence-corrected chi connectivity index (χ1v) is 6.84. The Labute approximate surface area is 114 Å². The third kappa shape index (κ3) is 3.63. The molecule has 2 rings (SSSR count). The third-order valence-electron chi connectivity index (χ3n) is 3.70. The first kappa shape index (κ1) is 13.7. The molecule has 1 aromatic carbocycles. The van der Waals surface area contributed by atoms with E-state index >= 15 is 0 Å². The number of carbonyl (C=O) groups is 1. The summed E-state index contributed by atoms with van der Waals surface area (Å²) in [6.07, 6.45) is 4.57. The zero-order chi connectivity index (χ0) is 13.8. The van der Waals surface area contributed by atoms with Gasteiger partial charge in [-0.15, -0.1) is 0 Å². The predicted molar refractivity (Wildman–Crippen MR) is 76.3 cm³/mol. The van der Waals surface area contributed by atoms with Gasteiger partial charge in [-0.2, -0.15) is 0 Å².